The van der Waals surface area contributed by atoms with Gasteiger partial charge in [-0.25, -0.2) is 12.8 Å². The molecule has 2 rings (SSSR count). The van der Waals surface area contributed by atoms with Gasteiger partial charge in [0.2, 0.25) is 10.0 Å². The number of rotatable bonds is 5. The van der Waals surface area contributed by atoms with Crippen LogP contribution in [0.25, 0.3) is 0 Å². The topological polar surface area (TPSA) is 83.6 Å². The predicted octanol–water partition coefficient (Wildman–Crippen LogP) is 1.21. The highest BCUT2D eigenvalue weighted by Crippen LogP contribution is 2.35. The molecule has 1 aromatic rings. The lowest BCUT2D eigenvalue weighted by Gasteiger charge is -2.21. The molecule has 0 unspecified atom stereocenters. The molecule has 106 valence electrons. The summed E-state index contributed by atoms with van der Waals surface area (Å²) in [6.07, 6.45) is 1.49. The molecule has 1 aromatic carbocycles. The summed E-state index contributed by atoms with van der Waals surface area (Å²) < 4.78 is 39.3. The van der Waals surface area contributed by atoms with E-state index in [2.05, 4.69) is 0 Å². The Balaban J connectivity index is 2.46. The van der Waals surface area contributed by atoms with Gasteiger partial charge in [-0.15, -0.1) is 0 Å². The fraction of sp³-hybridized carbons (Fsp3) is 0.455. The molecule has 1 fully saturated rings. The molecule has 1 saturated carbocycles. The molecule has 0 amide bonds. The zero-order chi connectivity index (χ0) is 14.2. The smallest absolute Gasteiger partial charge is 0.244 e. The van der Waals surface area contributed by atoms with E-state index in [4.69, 9.17) is 22.4 Å². The average molecular weight is 309 g/mol. The van der Waals surface area contributed by atoms with Crippen LogP contribution in [0.2, 0.25) is 5.02 Å². The number of nitrogen functional groups attached to an aromatic ring is 1. The number of nitrogens with zero attached hydrogens (tertiary/aromatic N) is 1. The number of aliphatic hydroxyl groups is 1. The number of hydrogen-bond donors (Lipinski definition) is 2. The molecular weight excluding hydrogens is 295 g/mol. The Bertz CT molecular complexity index is 590. The number of sulfonamides is 1. The van der Waals surface area contributed by atoms with Gasteiger partial charge in [0.15, 0.2) is 0 Å². The Morgan fingerprint density at radius 3 is 2.63 bits per heavy atom. The highest BCUT2D eigenvalue weighted by molar-refractivity contribution is 7.89. The van der Waals surface area contributed by atoms with Gasteiger partial charge in [-0.05, 0) is 25.0 Å². The second kappa shape index (κ2) is 5.24. The van der Waals surface area contributed by atoms with Crippen molar-refractivity contribution in [2.75, 3.05) is 18.9 Å². The van der Waals surface area contributed by atoms with Crippen molar-refractivity contribution in [2.45, 2.75) is 23.8 Å². The lowest BCUT2D eigenvalue weighted by Crippen LogP contribution is -2.35. The van der Waals surface area contributed by atoms with Crippen molar-refractivity contribution in [3.63, 3.8) is 0 Å². The maximum absolute atomic E-state index is 13.2. The van der Waals surface area contributed by atoms with E-state index in [1.165, 1.54) is 4.31 Å². The first-order valence-electron chi connectivity index (χ1n) is 5.75. The van der Waals surface area contributed by atoms with Gasteiger partial charge >= 0.3 is 0 Å². The Hall–Kier alpha value is -0.890. The number of anilines is 1. The highest BCUT2D eigenvalue weighted by Gasteiger charge is 2.38. The van der Waals surface area contributed by atoms with E-state index in [-0.39, 0.29) is 34.8 Å². The summed E-state index contributed by atoms with van der Waals surface area (Å²) in [7, 11) is -3.88. The second-order valence-electron chi connectivity index (χ2n) is 4.37. The summed E-state index contributed by atoms with van der Waals surface area (Å²) in [5.74, 6) is -0.760. The molecule has 3 N–H and O–H groups in total. The summed E-state index contributed by atoms with van der Waals surface area (Å²) in [4.78, 5) is -0.228. The fourth-order valence-corrected chi connectivity index (χ4v) is 4.03. The van der Waals surface area contributed by atoms with Gasteiger partial charge < -0.3 is 10.8 Å². The van der Waals surface area contributed by atoms with Crippen LogP contribution in [-0.2, 0) is 10.0 Å². The lowest BCUT2D eigenvalue weighted by atomic mass is 10.3. The minimum Gasteiger partial charge on any atom is -0.396 e. The zero-order valence-electron chi connectivity index (χ0n) is 10.0. The van der Waals surface area contributed by atoms with Crippen LogP contribution in [0.5, 0.6) is 0 Å². The van der Waals surface area contributed by atoms with Crippen LogP contribution in [0.1, 0.15) is 12.8 Å². The monoisotopic (exact) mass is 308 g/mol. The first-order valence-corrected chi connectivity index (χ1v) is 7.57. The summed E-state index contributed by atoms with van der Waals surface area (Å²) in [6, 6.07) is 1.77. The molecule has 0 radical (unpaired) electrons. The summed E-state index contributed by atoms with van der Waals surface area (Å²) in [6.45, 7) is -0.301. The van der Waals surface area contributed by atoms with Crippen LogP contribution in [0.3, 0.4) is 0 Å². The largest absolute Gasteiger partial charge is 0.396 e. The quantitative estimate of drug-likeness (QED) is 0.801. The number of hydrogen-bond acceptors (Lipinski definition) is 4. The van der Waals surface area contributed by atoms with E-state index in [0.717, 1.165) is 25.0 Å². The van der Waals surface area contributed by atoms with Gasteiger partial charge in [0, 0.05) is 12.6 Å². The molecule has 0 saturated heterocycles. The number of benzene rings is 1. The van der Waals surface area contributed by atoms with E-state index in [1.54, 1.807) is 0 Å². The van der Waals surface area contributed by atoms with Crippen molar-refractivity contribution in [3.05, 3.63) is 23.0 Å². The fourth-order valence-electron chi connectivity index (χ4n) is 1.83. The normalized spacial score (nSPS) is 16.0. The molecule has 19 heavy (non-hydrogen) atoms. The van der Waals surface area contributed by atoms with E-state index in [1.807, 2.05) is 0 Å². The van der Waals surface area contributed by atoms with Crippen LogP contribution in [-0.4, -0.2) is 37.0 Å². The zero-order valence-corrected chi connectivity index (χ0v) is 11.6. The van der Waals surface area contributed by atoms with Gasteiger partial charge in [-0.2, -0.15) is 4.31 Å². The molecule has 0 aromatic heterocycles. The van der Waals surface area contributed by atoms with Crippen LogP contribution >= 0.6 is 11.6 Å². The first kappa shape index (κ1) is 14.5. The van der Waals surface area contributed by atoms with Crippen LogP contribution in [0, 0.1) is 5.82 Å². The van der Waals surface area contributed by atoms with Crippen LogP contribution in [0.15, 0.2) is 17.0 Å². The standard InChI is InChI=1S/C11H14ClFN2O3S/c12-8-5-9(13)10(14)6-11(8)19(17,18)15(3-4-16)7-1-2-7/h5-7,16H,1-4,14H2. The predicted molar refractivity (Wildman–Crippen MR) is 69.8 cm³/mol. The van der Waals surface area contributed by atoms with Crippen LogP contribution < -0.4 is 5.73 Å². The highest BCUT2D eigenvalue weighted by atomic mass is 35.5. The van der Waals surface area contributed by atoms with Crippen molar-refractivity contribution in [2.24, 2.45) is 0 Å². The van der Waals surface area contributed by atoms with Gasteiger partial charge in [0.1, 0.15) is 10.7 Å². The Kier molecular flexibility index (Phi) is 4.00. The van der Waals surface area contributed by atoms with Crippen molar-refractivity contribution in [1.29, 1.82) is 0 Å². The summed E-state index contributed by atoms with van der Waals surface area (Å²) in [5.41, 5.74) is 5.11. The SMILES string of the molecule is Nc1cc(S(=O)(=O)N(CCO)C2CC2)c(Cl)cc1F. The number of nitrogens with two attached hydrogens (primary N) is 1. The van der Waals surface area contributed by atoms with E-state index >= 15 is 0 Å². The Morgan fingerprint density at radius 2 is 2.11 bits per heavy atom. The number of aliphatic hydroxyl groups excluding tert-OH is 1. The molecule has 0 aliphatic heterocycles. The minimum absolute atomic E-state index is 0.0133. The first-order chi connectivity index (χ1) is 8.87. The van der Waals surface area contributed by atoms with Crippen molar-refractivity contribution < 1.29 is 17.9 Å². The third-order valence-electron chi connectivity index (χ3n) is 2.91. The van der Waals surface area contributed by atoms with Gasteiger partial charge in [0.25, 0.3) is 0 Å². The molecule has 5 nitrogen and oxygen atoms in total. The summed E-state index contributed by atoms with van der Waals surface area (Å²) in [5, 5.41) is 8.76. The van der Waals surface area contributed by atoms with Gasteiger partial charge in [-0.3, -0.25) is 0 Å². The third kappa shape index (κ3) is 2.84. The minimum atomic E-state index is -3.88. The maximum Gasteiger partial charge on any atom is 0.244 e. The molecular formula is C11H14ClFN2O3S. The number of halogens is 2. The van der Waals surface area contributed by atoms with Crippen LogP contribution in [0.4, 0.5) is 10.1 Å². The second-order valence-corrected chi connectivity index (χ2v) is 6.64. The van der Waals surface area contributed by atoms with Gasteiger partial charge in [0.05, 0.1) is 17.3 Å². The van der Waals surface area contributed by atoms with Crippen molar-refractivity contribution in [1.82, 2.24) is 4.31 Å². The van der Waals surface area contributed by atoms with Gasteiger partial charge in [-0.1, -0.05) is 11.6 Å². The lowest BCUT2D eigenvalue weighted by molar-refractivity contribution is 0.250. The molecule has 0 atom stereocenters. The maximum atomic E-state index is 13.2. The molecule has 0 bridgehead atoms. The third-order valence-corrected chi connectivity index (χ3v) is 5.33. The van der Waals surface area contributed by atoms with E-state index in [9.17, 15) is 12.8 Å². The molecule has 8 heteroatoms. The summed E-state index contributed by atoms with van der Waals surface area (Å²) >= 11 is 5.79. The molecule has 1 aliphatic rings. The van der Waals surface area contributed by atoms with E-state index < -0.39 is 15.8 Å². The molecule has 0 heterocycles. The van der Waals surface area contributed by atoms with Crippen molar-refractivity contribution in [3.8, 4) is 0 Å². The van der Waals surface area contributed by atoms with E-state index in [0.29, 0.717) is 0 Å². The molecule has 0 spiro atoms. The Labute approximate surface area is 115 Å². The average Bonchev–Trinajstić information content (AvgIpc) is 3.14. The molecule has 1 aliphatic carbocycles. The van der Waals surface area contributed by atoms with Crippen molar-refractivity contribution >= 4 is 27.3 Å². The Morgan fingerprint density at radius 1 is 1.47 bits per heavy atom.